The smallest absolute Gasteiger partial charge is 0.166 e. The van der Waals surface area contributed by atoms with Gasteiger partial charge in [0.1, 0.15) is 11.6 Å². The number of rotatable bonds is 5. The molecule has 0 spiro atoms. The van der Waals surface area contributed by atoms with Gasteiger partial charge in [-0.25, -0.2) is 4.39 Å². The zero-order valence-electron chi connectivity index (χ0n) is 12.0. The maximum atomic E-state index is 12.8. The highest BCUT2D eigenvalue weighted by molar-refractivity contribution is 6.30. The minimum atomic E-state index is -0.352. The fourth-order valence-corrected chi connectivity index (χ4v) is 2.48. The van der Waals surface area contributed by atoms with Crippen molar-refractivity contribution in [3.05, 3.63) is 63.9 Å². The number of ketones is 1. The lowest BCUT2D eigenvalue weighted by atomic mass is 10.1. The quantitative estimate of drug-likeness (QED) is 0.745. The van der Waals surface area contributed by atoms with Crippen molar-refractivity contribution in [1.82, 2.24) is 0 Å². The van der Waals surface area contributed by atoms with Crippen LogP contribution in [-0.2, 0) is 0 Å². The molecule has 0 amide bonds. The Hall–Kier alpha value is -1.87. The van der Waals surface area contributed by atoms with E-state index in [2.05, 4.69) is 0 Å². The van der Waals surface area contributed by atoms with Crippen LogP contribution in [0.15, 0.2) is 36.4 Å². The molecule has 0 bridgehead atoms. The molecule has 0 aliphatic heterocycles. The Bertz CT molecular complexity index is 627. The van der Waals surface area contributed by atoms with Gasteiger partial charge in [0.05, 0.1) is 6.61 Å². The Morgan fingerprint density at radius 2 is 1.71 bits per heavy atom. The minimum absolute atomic E-state index is 0.0701. The van der Waals surface area contributed by atoms with Gasteiger partial charge in [-0.2, -0.15) is 0 Å². The molecule has 0 aliphatic carbocycles. The largest absolute Gasteiger partial charge is 0.493 e. The van der Waals surface area contributed by atoms with Gasteiger partial charge in [0.2, 0.25) is 0 Å². The summed E-state index contributed by atoms with van der Waals surface area (Å²) in [5.41, 5.74) is 2.37. The first-order valence-corrected chi connectivity index (χ1v) is 7.03. The van der Waals surface area contributed by atoms with Crippen molar-refractivity contribution < 1.29 is 13.9 Å². The third kappa shape index (κ3) is 4.05. The first-order valence-electron chi connectivity index (χ1n) is 6.65. The standard InChI is InChI=1S/C17H16ClFO2/c1-11-9-14(18)10-12(2)17(11)21-8-7-16(20)13-3-5-15(19)6-4-13/h3-6,9-10H,7-8H2,1-2H3. The summed E-state index contributed by atoms with van der Waals surface area (Å²) < 4.78 is 18.5. The fraction of sp³-hybridized carbons (Fsp3) is 0.235. The van der Waals surface area contributed by atoms with Crippen LogP contribution in [0.2, 0.25) is 5.02 Å². The Labute approximate surface area is 128 Å². The molecule has 0 atom stereocenters. The molecule has 21 heavy (non-hydrogen) atoms. The van der Waals surface area contributed by atoms with Crippen molar-refractivity contribution in [2.75, 3.05) is 6.61 Å². The molecule has 4 heteroatoms. The summed E-state index contributed by atoms with van der Waals surface area (Å²) in [4.78, 5) is 11.9. The summed E-state index contributed by atoms with van der Waals surface area (Å²) >= 11 is 5.96. The van der Waals surface area contributed by atoms with E-state index in [9.17, 15) is 9.18 Å². The van der Waals surface area contributed by atoms with E-state index in [-0.39, 0.29) is 24.6 Å². The molecular weight excluding hydrogens is 291 g/mol. The van der Waals surface area contributed by atoms with Crippen LogP contribution < -0.4 is 4.74 Å². The van der Waals surface area contributed by atoms with Gasteiger partial charge in [0, 0.05) is 17.0 Å². The number of benzene rings is 2. The van der Waals surface area contributed by atoms with E-state index in [1.807, 2.05) is 26.0 Å². The number of ether oxygens (including phenoxy) is 1. The van der Waals surface area contributed by atoms with Crippen molar-refractivity contribution in [2.45, 2.75) is 20.3 Å². The van der Waals surface area contributed by atoms with Crippen molar-refractivity contribution in [2.24, 2.45) is 0 Å². The molecule has 110 valence electrons. The molecule has 0 heterocycles. The number of aryl methyl sites for hydroxylation is 2. The van der Waals surface area contributed by atoms with Gasteiger partial charge < -0.3 is 4.74 Å². The number of hydrogen-bond acceptors (Lipinski definition) is 2. The second-order valence-electron chi connectivity index (χ2n) is 4.90. The van der Waals surface area contributed by atoms with E-state index < -0.39 is 0 Å². The molecule has 0 N–H and O–H groups in total. The molecule has 0 saturated carbocycles. The number of Topliss-reactive ketones (excluding diaryl/α,β-unsaturated/α-hetero) is 1. The second-order valence-corrected chi connectivity index (χ2v) is 5.33. The molecule has 0 saturated heterocycles. The molecular formula is C17H16ClFO2. The first kappa shape index (κ1) is 15.5. The summed E-state index contributed by atoms with van der Waals surface area (Å²) in [6.07, 6.45) is 0.243. The maximum absolute atomic E-state index is 12.8. The van der Waals surface area contributed by atoms with E-state index >= 15 is 0 Å². The number of carbonyl (C=O) groups is 1. The van der Waals surface area contributed by atoms with E-state index in [1.165, 1.54) is 24.3 Å². The van der Waals surface area contributed by atoms with Crippen LogP contribution in [0.1, 0.15) is 27.9 Å². The van der Waals surface area contributed by atoms with E-state index in [4.69, 9.17) is 16.3 Å². The predicted molar refractivity (Wildman–Crippen MR) is 81.8 cm³/mol. The molecule has 2 aromatic rings. The van der Waals surface area contributed by atoms with Crippen molar-refractivity contribution in [3.63, 3.8) is 0 Å². The van der Waals surface area contributed by atoms with Gasteiger partial charge in [-0.1, -0.05) is 11.6 Å². The number of carbonyl (C=O) groups excluding carboxylic acids is 1. The van der Waals surface area contributed by atoms with Crippen LogP contribution >= 0.6 is 11.6 Å². The van der Waals surface area contributed by atoms with Gasteiger partial charge in [-0.3, -0.25) is 4.79 Å². The van der Waals surface area contributed by atoms with Crippen LogP contribution in [0.25, 0.3) is 0 Å². The Balaban J connectivity index is 1.95. The summed E-state index contributed by atoms with van der Waals surface area (Å²) in [5.74, 6) is 0.334. The lowest BCUT2D eigenvalue weighted by Gasteiger charge is -2.12. The summed E-state index contributed by atoms with van der Waals surface area (Å²) in [6, 6.07) is 9.17. The van der Waals surface area contributed by atoms with Crippen molar-refractivity contribution in [1.29, 1.82) is 0 Å². The third-order valence-electron chi connectivity index (χ3n) is 3.17. The van der Waals surface area contributed by atoms with Gasteiger partial charge in [-0.05, 0) is 61.4 Å². The van der Waals surface area contributed by atoms with Crippen LogP contribution in [0.5, 0.6) is 5.75 Å². The third-order valence-corrected chi connectivity index (χ3v) is 3.39. The van der Waals surface area contributed by atoms with Crippen molar-refractivity contribution >= 4 is 17.4 Å². The van der Waals surface area contributed by atoms with Crippen LogP contribution in [0.4, 0.5) is 4.39 Å². The van der Waals surface area contributed by atoms with Gasteiger partial charge in [0.15, 0.2) is 5.78 Å². The molecule has 2 aromatic carbocycles. The predicted octanol–water partition coefficient (Wildman–Crippen LogP) is 4.75. The lowest BCUT2D eigenvalue weighted by Crippen LogP contribution is -2.08. The normalized spacial score (nSPS) is 10.5. The second kappa shape index (κ2) is 6.72. The fourth-order valence-electron chi connectivity index (χ4n) is 2.15. The van der Waals surface area contributed by atoms with Gasteiger partial charge >= 0.3 is 0 Å². The highest BCUT2D eigenvalue weighted by atomic mass is 35.5. The average molecular weight is 307 g/mol. The van der Waals surface area contributed by atoms with Gasteiger partial charge in [-0.15, -0.1) is 0 Å². The Morgan fingerprint density at radius 3 is 2.29 bits per heavy atom. The monoisotopic (exact) mass is 306 g/mol. The topological polar surface area (TPSA) is 26.3 Å². The minimum Gasteiger partial charge on any atom is -0.493 e. The van der Waals surface area contributed by atoms with Crippen LogP contribution in [0, 0.1) is 19.7 Å². The maximum Gasteiger partial charge on any atom is 0.166 e. The van der Waals surface area contributed by atoms with E-state index in [0.29, 0.717) is 10.6 Å². The first-order chi connectivity index (χ1) is 9.97. The SMILES string of the molecule is Cc1cc(Cl)cc(C)c1OCCC(=O)c1ccc(F)cc1. The zero-order chi connectivity index (χ0) is 15.4. The molecule has 2 nitrogen and oxygen atoms in total. The molecule has 0 aromatic heterocycles. The molecule has 0 fully saturated rings. The molecule has 0 radical (unpaired) electrons. The lowest BCUT2D eigenvalue weighted by molar-refractivity contribution is 0.0961. The molecule has 0 aliphatic rings. The number of halogens is 2. The Kier molecular flexibility index (Phi) is 4.97. The molecule has 2 rings (SSSR count). The van der Waals surface area contributed by atoms with E-state index in [1.54, 1.807) is 0 Å². The highest BCUT2D eigenvalue weighted by Gasteiger charge is 2.09. The van der Waals surface area contributed by atoms with Gasteiger partial charge in [0.25, 0.3) is 0 Å². The highest BCUT2D eigenvalue weighted by Crippen LogP contribution is 2.27. The summed E-state index contributed by atoms with van der Waals surface area (Å²) in [7, 11) is 0. The summed E-state index contributed by atoms with van der Waals surface area (Å²) in [6.45, 7) is 4.10. The van der Waals surface area contributed by atoms with Crippen LogP contribution in [-0.4, -0.2) is 12.4 Å². The molecule has 0 unspecified atom stereocenters. The summed E-state index contributed by atoms with van der Waals surface area (Å²) in [5, 5.41) is 0.666. The van der Waals surface area contributed by atoms with E-state index in [0.717, 1.165) is 16.9 Å². The van der Waals surface area contributed by atoms with Crippen molar-refractivity contribution in [3.8, 4) is 5.75 Å². The average Bonchev–Trinajstić information content (AvgIpc) is 2.42. The Morgan fingerprint density at radius 1 is 1.14 bits per heavy atom. The van der Waals surface area contributed by atoms with Crippen LogP contribution in [0.3, 0.4) is 0 Å². The zero-order valence-corrected chi connectivity index (χ0v) is 12.7. The number of hydrogen-bond donors (Lipinski definition) is 0.